The zero-order chi connectivity index (χ0) is 11.8. The Morgan fingerprint density at radius 3 is 2.12 bits per heavy atom. The van der Waals surface area contributed by atoms with Crippen molar-refractivity contribution in [3.63, 3.8) is 0 Å². The Hall–Kier alpha value is -1.82. The van der Waals surface area contributed by atoms with Crippen molar-refractivity contribution in [1.82, 2.24) is 0 Å². The molecule has 0 saturated carbocycles. The fourth-order valence-electron chi connectivity index (χ4n) is 1.85. The molecule has 0 aromatic heterocycles. The number of hydrogen-bond donors (Lipinski definition) is 0. The second kappa shape index (κ2) is 6.70. The number of benzene rings is 2. The molecular weight excluding hydrogens is 204 g/mol. The van der Waals surface area contributed by atoms with E-state index in [1.54, 1.807) is 0 Å². The van der Waals surface area contributed by atoms with Crippen LogP contribution >= 0.6 is 0 Å². The Labute approximate surface area is 104 Å². The summed E-state index contributed by atoms with van der Waals surface area (Å²) in [5.74, 6) is 0. The first-order chi connectivity index (χ1) is 8.45. The maximum atomic E-state index is 2.26. The first-order valence-corrected chi connectivity index (χ1v) is 6.21. The van der Waals surface area contributed by atoms with Gasteiger partial charge in [0, 0.05) is 0 Å². The van der Waals surface area contributed by atoms with Crippen molar-refractivity contribution in [3.05, 3.63) is 77.9 Å². The zero-order valence-corrected chi connectivity index (χ0v) is 10.0. The van der Waals surface area contributed by atoms with Crippen LogP contribution in [0, 0.1) is 0 Å². The highest BCUT2D eigenvalue weighted by Crippen LogP contribution is 2.07. The molecule has 0 fully saturated rings. The van der Waals surface area contributed by atoms with Gasteiger partial charge in [-0.15, -0.1) is 0 Å². The predicted octanol–water partition coefficient (Wildman–Crippen LogP) is 4.72. The molecule has 2 aromatic carbocycles. The summed E-state index contributed by atoms with van der Waals surface area (Å²) in [6.07, 6.45) is 7.99. The van der Waals surface area contributed by atoms with Gasteiger partial charge < -0.3 is 0 Å². The van der Waals surface area contributed by atoms with E-state index >= 15 is 0 Å². The number of hydrogen-bond acceptors (Lipinski definition) is 0. The van der Waals surface area contributed by atoms with E-state index in [4.69, 9.17) is 0 Å². The lowest BCUT2D eigenvalue weighted by molar-refractivity contribution is 0.845. The number of aryl methyl sites for hydroxylation is 1. The number of rotatable bonds is 5. The number of unbranched alkanes of at least 4 members (excludes halogenated alkanes) is 1. The molecule has 0 amide bonds. The van der Waals surface area contributed by atoms with E-state index in [0.29, 0.717) is 0 Å². The molecular formula is C17H18. The van der Waals surface area contributed by atoms with Gasteiger partial charge in [0.1, 0.15) is 0 Å². The summed E-state index contributed by atoms with van der Waals surface area (Å²) in [6, 6.07) is 21.1. The van der Waals surface area contributed by atoms with E-state index in [1.807, 2.05) is 6.07 Å². The molecule has 0 saturated heterocycles. The quantitative estimate of drug-likeness (QED) is 0.642. The summed E-state index contributed by atoms with van der Waals surface area (Å²) in [5, 5.41) is 0. The standard InChI is InChI=1S/C17H18/c1-4-10-16(11-5-1)14-8-3-9-15-17-12-6-2-7-13-17/h1-2,4-8,10-14H,3,9,15H2/b14-8+. The van der Waals surface area contributed by atoms with Crippen molar-refractivity contribution in [3.8, 4) is 0 Å². The summed E-state index contributed by atoms with van der Waals surface area (Å²) >= 11 is 0. The van der Waals surface area contributed by atoms with Crippen LogP contribution in [0.2, 0.25) is 0 Å². The molecule has 0 N–H and O–H groups in total. The highest BCUT2D eigenvalue weighted by atomic mass is 14.0. The van der Waals surface area contributed by atoms with Gasteiger partial charge in [-0.3, -0.25) is 0 Å². The van der Waals surface area contributed by atoms with Crippen molar-refractivity contribution in [2.24, 2.45) is 0 Å². The Balaban J connectivity index is 1.72. The Kier molecular flexibility index (Phi) is 4.59. The lowest BCUT2D eigenvalue weighted by Gasteiger charge is -1.98. The van der Waals surface area contributed by atoms with Crippen LogP contribution in [0.5, 0.6) is 0 Å². The second-order valence-electron chi connectivity index (χ2n) is 4.19. The molecule has 86 valence electrons. The van der Waals surface area contributed by atoms with Crippen LogP contribution in [-0.2, 0) is 6.42 Å². The topological polar surface area (TPSA) is 0 Å². The zero-order valence-electron chi connectivity index (χ0n) is 10.0. The fourth-order valence-corrected chi connectivity index (χ4v) is 1.85. The SMILES string of the molecule is C(=C\c1ccccc1)/CCCc1ccccc1. The predicted molar refractivity (Wildman–Crippen MR) is 74.9 cm³/mol. The Bertz CT molecular complexity index is 440. The highest BCUT2D eigenvalue weighted by Gasteiger charge is 1.89. The molecule has 0 heterocycles. The molecule has 0 spiro atoms. The van der Waals surface area contributed by atoms with E-state index < -0.39 is 0 Å². The van der Waals surface area contributed by atoms with Crippen LogP contribution in [-0.4, -0.2) is 0 Å². The molecule has 0 nitrogen and oxygen atoms in total. The van der Waals surface area contributed by atoms with Crippen LogP contribution < -0.4 is 0 Å². The largest absolute Gasteiger partial charge is 0.0839 e. The van der Waals surface area contributed by atoms with Gasteiger partial charge in [-0.25, -0.2) is 0 Å². The summed E-state index contributed by atoms with van der Waals surface area (Å²) in [5.41, 5.74) is 2.72. The van der Waals surface area contributed by atoms with Crippen molar-refractivity contribution in [2.75, 3.05) is 0 Å². The second-order valence-corrected chi connectivity index (χ2v) is 4.19. The molecule has 0 bridgehead atoms. The van der Waals surface area contributed by atoms with Gasteiger partial charge in [0.05, 0.1) is 0 Å². The molecule has 2 aromatic rings. The smallest absolute Gasteiger partial charge is 0.0260 e. The molecule has 0 atom stereocenters. The number of allylic oxidation sites excluding steroid dienone is 1. The summed E-state index contributed by atoms with van der Waals surface area (Å²) in [7, 11) is 0. The molecule has 0 aliphatic rings. The normalized spacial score (nSPS) is 10.8. The van der Waals surface area contributed by atoms with Crippen molar-refractivity contribution in [2.45, 2.75) is 19.3 Å². The summed E-state index contributed by atoms with van der Waals surface area (Å²) < 4.78 is 0. The minimum absolute atomic E-state index is 1.14. The Morgan fingerprint density at radius 1 is 0.765 bits per heavy atom. The monoisotopic (exact) mass is 222 g/mol. The van der Waals surface area contributed by atoms with Crippen molar-refractivity contribution in [1.29, 1.82) is 0 Å². The van der Waals surface area contributed by atoms with Crippen LogP contribution in [0.3, 0.4) is 0 Å². The maximum absolute atomic E-state index is 2.26. The summed E-state index contributed by atoms with van der Waals surface area (Å²) in [6.45, 7) is 0. The highest BCUT2D eigenvalue weighted by molar-refractivity contribution is 5.48. The van der Waals surface area contributed by atoms with Crippen LogP contribution in [0.25, 0.3) is 6.08 Å². The molecule has 0 unspecified atom stereocenters. The third-order valence-corrected chi connectivity index (χ3v) is 2.79. The van der Waals surface area contributed by atoms with E-state index in [1.165, 1.54) is 24.0 Å². The van der Waals surface area contributed by atoms with Gasteiger partial charge in [-0.05, 0) is 30.4 Å². The lowest BCUT2D eigenvalue weighted by atomic mass is 10.1. The van der Waals surface area contributed by atoms with Crippen molar-refractivity contribution >= 4 is 6.08 Å². The molecule has 17 heavy (non-hydrogen) atoms. The van der Waals surface area contributed by atoms with E-state index in [9.17, 15) is 0 Å². The molecule has 0 aliphatic carbocycles. The first-order valence-electron chi connectivity index (χ1n) is 6.21. The van der Waals surface area contributed by atoms with Gasteiger partial charge in [0.25, 0.3) is 0 Å². The molecule has 0 radical (unpaired) electrons. The molecule has 2 rings (SSSR count). The van der Waals surface area contributed by atoms with E-state index in [0.717, 1.165) is 6.42 Å². The third kappa shape index (κ3) is 4.28. The lowest BCUT2D eigenvalue weighted by Crippen LogP contribution is -1.82. The first kappa shape index (κ1) is 11.7. The maximum Gasteiger partial charge on any atom is -0.0260 e. The fraction of sp³-hybridized carbons (Fsp3) is 0.176. The minimum atomic E-state index is 1.14. The third-order valence-electron chi connectivity index (χ3n) is 2.79. The van der Waals surface area contributed by atoms with Gasteiger partial charge in [0.2, 0.25) is 0 Å². The van der Waals surface area contributed by atoms with Gasteiger partial charge in [-0.1, -0.05) is 72.8 Å². The van der Waals surface area contributed by atoms with Gasteiger partial charge in [0.15, 0.2) is 0 Å². The van der Waals surface area contributed by atoms with Gasteiger partial charge >= 0.3 is 0 Å². The average molecular weight is 222 g/mol. The Morgan fingerprint density at radius 2 is 1.41 bits per heavy atom. The molecule has 0 heteroatoms. The van der Waals surface area contributed by atoms with Crippen LogP contribution in [0.4, 0.5) is 0 Å². The van der Waals surface area contributed by atoms with E-state index in [2.05, 4.69) is 66.7 Å². The van der Waals surface area contributed by atoms with Crippen LogP contribution in [0.15, 0.2) is 66.7 Å². The van der Waals surface area contributed by atoms with Crippen LogP contribution in [0.1, 0.15) is 24.0 Å². The van der Waals surface area contributed by atoms with Crippen molar-refractivity contribution < 1.29 is 0 Å². The average Bonchev–Trinajstić information content (AvgIpc) is 2.41. The molecule has 0 aliphatic heterocycles. The van der Waals surface area contributed by atoms with Gasteiger partial charge in [-0.2, -0.15) is 0 Å². The summed E-state index contributed by atoms with van der Waals surface area (Å²) in [4.78, 5) is 0. The minimum Gasteiger partial charge on any atom is -0.0839 e. The van der Waals surface area contributed by atoms with E-state index in [-0.39, 0.29) is 0 Å².